The van der Waals surface area contributed by atoms with Gasteiger partial charge >= 0.3 is 0 Å². The molecule has 0 radical (unpaired) electrons. The summed E-state index contributed by atoms with van der Waals surface area (Å²) in [6.45, 7) is 4.45. The highest BCUT2D eigenvalue weighted by atomic mass is 79.9. The van der Waals surface area contributed by atoms with Crippen LogP contribution in [-0.2, 0) is 0 Å². The zero-order valence-electron chi connectivity index (χ0n) is 10.1. The molecule has 1 fully saturated rings. The SMILES string of the molecule is CC1CCCN(c2ccc(Br)cc2C#N)CC1. The molecule has 1 aliphatic heterocycles. The van der Waals surface area contributed by atoms with Crippen molar-refractivity contribution in [3.8, 4) is 6.07 Å². The van der Waals surface area contributed by atoms with Crippen LogP contribution in [0.25, 0.3) is 0 Å². The van der Waals surface area contributed by atoms with Crippen molar-refractivity contribution in [3.05, 3.63) is 28.2 Å². The maximum absolute atomic E-state index is 9.20. The normalized spacial score (nSPS) is 20.8. The Bertz CT molecular complexity index is 436. The number of hydrogen-bond acceptors (Lipinski definition) is 2. The molecule has 0 spiro atoms. The monoisotopic (exact) mass is 292 g/mol. The Kier molecular flexibility index (Phi) is 4.06. The zero-order valence-corrected chi connectivity index (χ0v) is 11.7. The molecule has 1 saturated heterocycles. The fourth-order valence-corrected chi connectivity index (χ4v) is 2.74. The lowest BCUT2D eigenvalue weighted by Gasteiger charge is -2.24. The summed E-state index contributed by atoms with van der Waals surface area (Å²) in [5.74, 6) is 0.806. The van der Waals surface area contributed by atoms with Gasteiger partial charge in [0.15, 0.2) is 0 Å². The lowest BCUT2D eigenvalue weighted by Crippen LogP contribution is -2.24. The third kappa shape index (κ3) is 3.01. The van der Waals surface area contributed by atoms with Gasteiger partial charge in [0, 0.05) is 17.6 Å². The molecular weight excluding hydrogens is 276 g/mol. The molecule has 0 saturated carbocycles. The molecule has 1 atom stereocenters. The van der Waals surface area contributed by atoms with Crippen molar-refractivity contribution in [2.45, 2.75) is 26.2 Å². The van der Waals surface area contributed by atoms with Crippen molar-refractivity contribution < 1.29 is 0 Å². The van der Waals surface area contributed by atoms with Gasteiger partial charge in [-0.2, -0.15) is 5.26 Å². The van der Waals surface area contributed by atoms with E-state index in [4.69, 9.17) is 0 Å². The molecule has 2 rings (SSSR count). The Hall–Kier alpha value is -1.01. The summed E-state index contributed by atoms with van der Waals surface area (Å²) in [5.41, 5.74) is 1.86. The highest BCUT2D eigenvalue weighted by molar-refractivity contribution is 9.10. The van der Waals surface area contributed by atoms with Gasteiger partial charge in [-0.25, -0.2) is 0 Å². The molecule has 1 heterocycles. The number of hydrogen-bond donors (Lipinski definition) is 0. The van der Waals surface area contributed by atoms with Crippen LogP contribution in [0.1, 0.15) is 31.7 Å². The van der Waals surface area contributed by atoms with Crippen molar-refractivity contribution in [1.82, 2.24) is 0 Å². The molecule has 1 unspecified atom stereocenters. The minimum atomic E-state index is 0.772. The predicted octanol–water partition coefficient (Wildman–Crippen LogP) is 3.95. The lowest BCUT2D eigenvalue weighted by molar-refractivity contribution is 0.521. The van der Waals surface area contributed by atoms with Crippen LogP contribution < -0.4 is 4.90 Å². The Morgan fingerprint density at radius 2 is 2.18 bits per heavy atom. The lowest BCUT2D eigenvalue weighted by atomic mass is 10.0. The summed E-state index contributed by atoms with van der Waals surface area (Å²) in [4.78, 5) is 2.36. The Labute approximate surface area is 111 Å². The first-order chi connectivity index (χ1) is 8.20. The van der Waals surface area contributed by atoms with Crippen LogP contribution in [-0.4, -0.2) is 13.1 Å². The smallest absolute Gasteiger partial charge is 0.101 e. The molecule has 1 aromatic rings. The van der Waals surface area contributed by atoms with Crippen molar-refractivity contribution in [3.63, 3.8) is 0 Å². The van der Waals surface area contributed by atoms with Crippen LogP contribution in [0, 0.1) is 17.2 Å². The molecule has 1 aliphatic rings. The van der Waals surface area contributed by atoms with E-state index in [1.54, 1.807) is 0 Å². The van der Waals surface area contributed by atoms with Gasteiger partial charge in [-0.3, -0.25) is 0 Å². The molecule has 2 nitrogen and oxygen atoms in total. The summed E-state index contributed by atoms with van der Waals surface area (Å²) in [7, 11) is 0. The average Bonchev–Trinajstić information content (AvgIpc) is 2.54. The molecule has 0 aliphatic carbocycles. The molecular formula is C14H17BrN2. The molecule has 1 aromatic carbocycles. The molecule has 17 heavy (non-hydrogen) atoms. The van der Waals surface area contributed by atoms with Gasteiger partial charge in [0.05, 0.1) is 11.3 Å². The summed E-state index contributed by atoms with van der Waals surface area (Å²) in [6.07, 6.45) is 3.75. The van der Waals surface area contributed by atoms with E-state index in [2.05, 4.69) is 39.9 Å². The van der Waals surface area contributed by atoms with Crippen LogP contribution in [0.4, 0.5) is 5.69 Å². The minimum Gasteiger partial charge on any atom is -0.370 e. The first-order valence-corrected chi connectivity index (χ1v) is 6.94. The molecule has 0 aromatic heterocycles. The Morgan fingerprint density at radius 1 is 1.35 bits per heavy atom. The van der Waals surface area contributed by atoms with E-state index >= 15 is 0 Å². The van der Waals surface area contributed by atoms with Gasteiger partial charge < -0.3 is 4.90 Å². The maximum atomic E-state index is 9.20. The van der Waals surface area contributed by atoms with Crippen molar-refractivity contribution in [1.29, 1.82) is 5.26 Å². The Balaban J connectivity index is 2.24. The largest absolute Gasteiger partial charge is 0.370 e. The fourth-order valence-electron chi connectivity index (χ4n) is 2.38. The van der Waals surface area contributed by atoms with Crippen molar-refractivity contribution in [2.24, 2.45) is 5.92 Å². The topological polar surface area (TPSA) is 27.0 Å². The van der Waals surface area contributed by atoms with E-state index in [9.17, 15) is 5.26 Å². The molecule has 0 amide bonds. The maximum Gasteiger partial charge on any atom is 0.101 e. The third-order valence-electron chi connectivity index (χ3n) is 3.44. The van der Waals surface area contributed by atoms with E-state index in [0.29, 0.717) is 0 Å². The summed E-state index contributed by atoms with van der Waals surface area (Å²) in [5, 5.41) is 9.20. The number of benzene rings is 1. The van der Waals surface area contributed by atoms with Crippen molar-refractivity contribution in [2.75, 3.05) is 18.0 Å². The van der Waals surface area contributed by atoms with Gasteiger partial charge in [-0.15, -0.1) is 0 Å². The standard InChI is InChI=1S/C14H17BrN2/c1-11-3-2-7-17(8-6-11)14-5-4-13(15)9-12(14)10-16/h4-5,9,11H,2-3,6-8H2,1H3. The van der Waals surface area contributed by atoms with E-state index in [-0.39, 0.29) is 0 Å². The van der Waals surface area contributed by atoms with E-state index in [1.165, 1.54) is 19.3 Å². The summed E-state index contributed by atoms with van der Waals surface area (Å²) < 4.78 is 0.973. The number of nitriles is 1. The van der Waals surface area contributed by atoms with Gasteiger partial charge in [-0.1, -0.05) is 22.9 Å². The predicted molar refractivity (Wildman–Crippen MR) is 74.1 cm³/mol. The second-order valence-electron chi connectivity index (χ2n) is 4.80. The molecule has 90 valence electrons. The van der Waals surface area contributed by atoms with E-state index in [1.807, 2.05) is 12.1 Å². The Morgan fingerprint density at radius 3 is 2.94 bits per heavy atom. The second kappa shape index (κ2) is 5.55. The molecule has 0 N–H and O–H groups in total. The average molecular weight is 293 g/mol. The number of halogens is 1. The fraction of sp³-hybridized carbons (Fsp3) is 0.500. The molecule has 3 heteroatoms. The van der Waals surface area contributed by atoms with Crippen LogP contribution >= 0.6 is 15.9 Å². The summed E-state index contributed by atoms with van der Waals surface area (Å²) in [6, 6.07) is 8.27. The van der Waals surface area contributed by atoms with Gasteiger partial charge in [0.1, 0.15) is 6.07 Å². The zero-order chi connectivity index (χ0) is 12.3. The van der Waals surface area contributed by atoms with Crippen LogP contribution in [0.2, 0.25) is 0 Å². The van der Waals surface area contributed by atoms with Crippen molar-refractivity contribution >= 4 is 21.6 Å². The number of nitrogens with zero attached hydrogens (tertiary/aromatic N) is 2. The van der Waals surface area contributed by atoms with Crippen LogP contribution in [0.3, 0.4) is 0 Å². The van der Waals surface area contributed by atoms with Gasteiger partial charge in [0.2, 0.25) is 0 Å². The highest BCUT2D eigenvalue weighted by Crippen LogP contribution is 2.27. The highest BCUT2D eigenvalue weighted by Gasteiger charge is 2.16. The number of rotatable bonds is 1. The molecule has 0 bridgehead atoms. The summed E-state index contributed by atoms with van der Waals surface area (Å²) >= 11 is 3.42. The second-order valence-corrected chi connectivity index (χ2v) is 5.71. The quantitative estimate of drug-likeness (QED) is 0.784. The van der Waals surface area contributed by atoms with Gasteiger partial charge in [-0.05, 0) is 43.4 Å². The minimum absolute atomic E-state index is 0.772. The van der Waals surface area contributed by atoms with Gasteiger partial charge in [0.25, 0.3) is 0 Å². The van der Waals surface area contributed by atoms with E-state index in [0.717, 1.165) is 34.7 Å². The van der Waals surface area contributed by atoms with E-state index < -0.39 is 0 Å². The first-order valence-electron chi connectivity index (χ1n) is 6.15. The first kappa shape index (κ1) is 12.4. The number of anilines is 1. The van der Waals surface area contributed by atoms with Crippen LogP contribution in [0.5, 0.6) is 0 Å². The van der Waals surface area contributed by atoms with Crippen LogP contribution in [0.15, 0.2) is 22.7 Å². The third-order valence-corrected chi connectivity index (χ3v) is 3.93.